The molecule has 1 aromatic rings. The highest BCUT2D eigenvalue weighted by atomic mass is 127. The average molecular weight is 340 g/mol. The Bertz CT molecular complexity index is 382. The van der Waals surface area contributed by atoms with Crippen LogP contribution in [0, 0.1) is 3.57 Å². The van der Waals surface area contributed by atoms with Gasteiger partial charge in [-0.3, -0.25) is 0 Å². The number of hydrogen-bond donors (Lipinski definition) is 1. The number of anilines is 1. The first-order valence-corrected chi connectivity index (χ1v) is 5.89. The molecule has 0 heterocycles. The second kappa shape index (κ2) is 5.55. The van der Waals surface area contributed by atoms with Crippen LogP contribution in [0.4, 0.5) is 5.69 Å². The zero-order chi connectivity index (χ0) is 11.4. The predicted molar refractivity (Wildman–Crippen MR) is 69.7 cm³/mol. The number of carbonyl (C=O) groups excluding carboxylic acids is 1. The molecule has 0 radical (unpaired) electrons. The topological polar surface area (TPSA) is 38.3 Å². The van der Waals surface area contributed by atoms with Crippen LogP contribution in [0.2, 0.25) is 5.02 Å². The van der Waals surface area contributed by atoms with Crippen LogP contribution < -0.4 is 5.32 Å². The first-order valence-electron chi connectivity index (χ1n) is 4.44. The van der Waals surface area contributed by atoms with E-state index in [1.165, 1.54) is 0 Å². The molecule has 0 aliphatic heterocycles. The second-order valence-electron chi connectivity index (χ2n) is 2.78. The zero-order valence-corrected chi connectivity index (χ0v) is 11.3. The minimum absolute atomic E-state index is 0.347. The number of ether oxygens (including phenoxy) is 1. The molecule has 15 heavy (non-hydrogen) atoms. The van der Waals surface area contributed by atoms with Gasteiger partial charge in [-0.25, -0.2) is 4.79 Å². The normalized spacial score (nSPS) is 9.87. The molecule has 1 N–H and O–H groups in total. The summed E-state index contributed by atoms with van der Waals surface area (Å²) in [5, 5.41) is 3.39. The van der Waals surface area contributed by atoms with Gasteiger partial charge >= 0.3 is 5.97 Å². The highest BCUT2D eigenvalue weighted by molar-refractivity contribution is 14.1. The fourth-order valence-electron chi connectivity index (χ4n) is 1.10. The zero-order valence-electron chi connectivity index (χ0n) is 8.43. The molecule has 0 amide bonds. The summed E-state index contributed by atoms with van der Waals surface area (Å²) in [7, 11) is 1.80. The van der Waals surface area contributed by atoms with Crippen molar-refractivity contribution in [1.82, 2.24) is 0 Å². The molecule has 82 valence electrons. The van der Waals surface area contributed by atoms with Gasteiger partial charge in [0.2, 0.25) is 0 Å². The summed E-state index contributed by atoms with van der Waals surface area (Å²) in [6, 6.07) is 3.43. The number of halogens is 2. The van der Waals surface area contributed by atoms with Gasteiger partial charge in [0.05, 0.1) is 17.2 Å². The van der Waals surface area contributed by atoms with Crippen LogP contribution in [0.5, 0.6) is 0 Å². The van der Waals surface area contributed by atoms with Gasteiger partial charge in [-0.1, -0.05) is 11.6 Å². The van der Waals surface area contributed by atoms with E-state index in [-0.39, 0.29) is 5.97 Å². The molecule has 0 atom stereocenters. The van der Waals surface area contributed by atoms with Crippen LogP contribution in [0.15, 0.2) is 12.1 Å². The Balaban J connectivity index is 3.10. The van der Waals surface area contributed by atoms with Crippen LogP contribution in [0.25, 0.3) is 0 Å². The third-order valence-corrected chi connectivity index (χ3v) is 3.03. The molecule has 0 saturated carbocycles. The Hall–Kier alpha value is -0.490. The van der Waals surface area contributed by atoms with Crippen molar-refractivity contribution in [2.24, 2.45) is 0 Å². The highest BCUT2D eigenvalue weighted by Crippen LogP contribution is 2.26. The second-order valence-corrected chi connectivity index (χ2v) is 4.35. The molecule has 3 nitrogen and oxygen atoms in total. The molecule has 1 aromatic carbocycles. The standard InChI is InChI=1S/C10H11ClINO2/c1-3-15-10(14)6-4-8(12)9(13-2)5-7(6)11/h4-5,13H,3H2,1-2H3. The monoisotopic (exact) mass is 339 g/mol. The van der Waals surface area contributed by atoms with Crippen molar-refractivity contribution in [1.29, 1.82) is 0 Å². The number of rotatable bonds is 3. The summed E-state index contributed by atoms with van der Waals surface area (Å²) in [6.45, 7) is 2.11. The first kappa shape index (κ1) is 12.6. The van der Waals surface area contributed by atoms with Gasteiger partial charge < -0.3 is 10.1 Å². The minimum Gasteiger partial charge on any atom is -0.462 e. The Labute approximate surface area is 107 Å². The minimum atomic E-state index is -0.386. The smallest absolute Gasteiger partial charge is 0.339 e. The Kier molecular flexibility index (Phi) is 4.66. The maximum atomic E-state index is 11.5. The Morgan fingerprint density at radius 3 is 2.80 bits per heavy atom. The molecule has 0 spiro atoms. The van der Waals surface area contributed by atoms with Gasteiger partial charge in [0.25, 0.3) is 0 Å². The van der Waals surface area contributed by atoms with E-state index in [0.717, 1.165) is 9.26 Å². The van der Waals surface area contributed by atoms with Gasteiger partial charge in [-0.05, 0) is 41.6 Å². The molecule has 0 aliphatic carbocycles. The fraction of sp³-hybridized carbons (Fsp3) is 0.300. The van der Waals surface area contributed by atoms with Gasteiger partial charge in [0, 0.05) is 16.3 Å². The van der Waals surface area contributed by atoms with Gasteiger partial charge in [-0.15, -0.1) is 0 Å². The maximum absolute atomic E-state index is 11.5. The molecule has 0 fully saturated rings. The number of nitrogens with one attached hydrogen (secondary N) is 1. The van der Waals surface area contributed by atoms with Crippen LogP contribution >= 0.6 is 34.2 Å². The lowest BCUT2D eigenvalue weighted by atomic mass is 10.2. The largest absolute Gasteiger partial charge is 0.462 e. The summed E-state index contributed by atoms with van der Waals surface area (Å²) in [5.74, 6) is -0.386. The highest BCUT2D eigenvalue weighted by Gasteiger charge is 2.13. The number of esters is 1. The van der Waals surface area contributed by atoms with Crippen molar-refractivity contribution in [3.05, 3.63) is 26.3 Å². The third-order valence-electron chi connectivity index (χ3n) is 1.82. The van der Waals surface area contributed by atoms with E-state index in [4.69, 9.17) is 16.3 Å². The van der Waals surface area contributed by atoms with E-state index in [0.29, 0.717) is 17.2 Å². The lowest BCUT2D eigenvalue weighted by molar-refractivity contribution is 0.0526. The fourth-order valence-corrected chi connectivity index (χ4v) is 2.08. The lowest BCUT2D eigenvalue weighted by Gasteiger charge is -2.08. The molecule has 0 unspecified atom stereocenters. The van der Waals surface area contributed by atoms with Crippen molar-refractivity contribution < 1.29 is 9.53 Å². The summed E-state index contributed by atoms with van der Waals surface area (Å²) < 4.78 is 5.82. The Morgan fingerprint density at radius 2 is 2.27 bits per heavy atom. The number of benzene rings is 1. The van der Waals surface area contributed by atoms with Crippen molar-refractivity contribution in [3.8, 4) is 0 Å². The third kappa shape index (κ3) is 2.98. The van der Waals surface area contributed by atoms with E-state index >= 15 is 0 Å². The van der Waals surface area contributed by atoms with Gasteiger partial charge in [0.15, 0.2) is 0 Å². The van der Waals surface area contributed by atoms with Crippen molar-refractivity contribution in [3.63, 3.8) is 0 Å². The van der Waals surface area contributed by atoms with Gasteiger partial charge in [0.1, 0.15) is 0 Å². The molecule has 0 bridgehead atoms. The molecule has 0 aromatic heterocycles. The summed E-state index contributed by atoms with van der Waals surface area (Å²) >= 11 is 8.10. The Morgan fingerprint density at radius 1 is 1.60 bits per heavy atom. The van der Waals surface area contributed by atoms with Crippen molar-refractivity contribution >= 4 is 45.8 Å². The van der Waals surface area contributed by atoms with E-state index in [1.807, 2.05) is 0 Å². The molecule has 0 saturated heterocycles. The van der Waals surface area contributed by atoms with Crippen molar-refractivity contribution in [2.75, 3.05) is 19.0 Å². The SMILES string of the molecule is CCOC(=O)c1cc(I)c(NC)cc1Cl. The molecule has 5 heteroatoms. The quantitative estimate of drug-likeness (QED) is 0.679. The predicted octanol–water partition coefficient (Wildman–Crippen LogP) is 3.16. The van der Waals surface area contributed by atoms with E-state index in [9.17, 15) is 4.79 Å². The summed E-state index contributed by atoms with van der Waals surface area (Å²) in [5.41, 5.74) is 1.30. The van der Waals surface area contributed by atoms with E-state index in [1.54, 1.807) is 26.1 Å². The van der Waals surface area contributed by atoms with Crippen molar-refractivity contribution in [2.45, 2.75) is 6.92 Å². The van der Waals surface area contributed by atoms with E-state index < -0.39 is 0 Å². The molecular weight excluding hydrogens is 328 g/mol. The van der Waals surface area contributed by atoms with E-state index in [2.05, 4.69) is 27.9 Å². The van der Waals surface area contributed by atoms with Crippen LogP contribution in [0.3, 0.4) is 0 Å². The molecule has 0 aliphatic rings. The molecule has 1 rings (SSSR count). The molecular formula is C10H11ClINO2. The first-order chi connectivity index (χ1) is 7.10. The van der Waals surface area contributed by atoms with Crippen LogP contribution in [0.1, 0.15) is 17.3 Å². The van der Waals surface area contributed by atoms with Crippen LogP contribution in [-0.4, -0.2) is 19.6 Å². The lowest BCUT2D eigenvalue weighted by Crippen LogP contribution is -2.06. The average Bonchev–Trinajstić information content (AvgIpc) is 2.21. The van der Waals surface area contributed by atoms with Gasteiger partial charge in [-0.2, -0.15) is 0 Å². The van der Waals surface area contributed by atoms with Crippen LogP contribution in [-0.2, 0) is 4.74 Å². The summed E-state index contributed by atoms with van der Waals surface area (Å²) in [6.07, 6.45) is 0. The summed E-state index contributed by atoms with van der Waals surface area (Å²) in [4.78, 5) is 11.5. The number of hydrogen-bond acceptors (Lipinski definition) is 3. The number of carbonyl (C=O) groups is 1. The maximum Gasteiger partial charge on any atom is 0.339 e.